The van der Waals surface area contributed by atoms with E-state index in [1.807, 2.05) is 12.1 Å². The maximum Gasteiger partial charge on any atom is 0.335 e. The first kappa shape index (κ1) is 15.9. The summed E-state index contributed by atoms with van der Waals surface area (Å²) in [5.41, 5.74) is 4.34. The van der Waals surface area contributed by atoms with Gasteiger partial charge in [0.25, 0.3) is 0 Å². The van der Waals surface area contributed by atoms with Gasteiger partial charge in [0, 0.05) is 22.2 Å². The van der Waals surface area contributed by atoms with E-state index >= 15 is 0 Å². The van der Waals surface area contributed by atoms with Crippen LogP contribution in [0.15, 0.2) is 42.5 Å². The van der Waals surface area contributed by atoms with Crippen molar-refractivity contribution < 1.29 is 14.3 Å². The predicted molar refractivity (Wildman–Crippen MR) is 95.7 cm³/mol. The number of aromatic nitrogens is 1. The van der Waals surface area contributed by atoms with Crippen LogP contribution >= 0.6 is 0 Å². The molecule has 1 heterocycles. The molecule has 0 unspecified atom stereocenters. The smallest absolute Gasteiger partial charge is 0.335 e. The molecule has 1 aliphatic rings. The first-order valence-electron chi connectivity index (χ1n) is 8.76. The van der Waals surface area contributed by atoms with E-state index in [-0.39, 0.29) is 11.4 Å². The minimum absolute atomic E-state index is 0.221. The van der Waals surface area contributed by atoms with Crippen LogP contribution < -0.4 is 0 Å². The van der Waals surface area contributed by atoms with Gasteiger partial charge in [-0.25, -0.2) is 9.18 Å². The number of carboxylic acids is 1. The highest BCUT2D eigenvalue weighted by atomic mass is 19.1. The van der Waals surface area contributed by atoms with Crippen LogP contribution in [0.4, 0.5) is 4.39 Å². The third kappa shape index (κ3) is 2.82. The summed E-state index contributed by atoms with van der Waals surface area (Å²) in [6.45, 7) is 0.432. The molecule has 4 heteroatoms. The van der Waals surface area contributed by atoms with Gasteiger partial charge in [0.2, 0.25) is 0 Å². The third-order valence-electron chi connectivity index (χ3n) is 5.16. The molecule has 0 fully saturated rings. The SMILES string of the molecule is O=C(O)c1ccc2c3c(n(Cc4ccccc4F)c2c1)CCCCC3. The molecule has 0 saturated heterocycles. The Balaban J connectivity index is 1.93. The van der Waals surface area contributed by atoms with Crippen molar-refractivity contribution in [1.29, 1.82) is 0 Å². The number of halogens is 1. The van der Waals surface area contributed by atoms with Gasteiger partial charge >= 0.3 is 5.97 Å². The average molecular weight is 337 g/mol. The van der Waals surface area contributed by atoms with Crippen LogP contribution in [0.2, 0.25) is 0 Å². The van der Waals surface area contributed by atoms with Gasteiger partial charge in [0.1, 0.15) is 5.82 Å². The van der Waals surface area contributed by atoms with Gasteiger partial charge in [-0.05, 0) is 49.4 Å². The van der Waals surface area contributed by atoms with E-state index in [9.17, 15) is 14.3 Å². The lowest BCUT2D eigenvalue weighted by molar-refractivity contribution is 0.0697. The van der Waals surface area contributed by atoms with Gasteiger partial charge in [-0.15, -0.1) is 0 Å². The van der Waals surface area contributed by atoms with Crippen molar-refractivity contribution in [3.8, 4) is 0 Å². The fourth-order valence-corrected chi connectivity index (χ4v) is 3.92. The minimum Gasteiger partial charge on any atom is -0.478 e. The van der Waals surface area contributed by atoms with Crippen LogP contribution in [0, 0.1) is 5.82 Å². The highest BCUT2D eigenvalue weighted by Crippen LogP contribution is 2.33. The molecule has 2 aromatic carbocycles. The molecule has 3 aromatic rings. The molecule has 0 atom stereocenters. The highest BCUT2D eigenvalue weighted by Gasteiger charge is 2.20. The zero-order valence-electron chi connectivity index (χ0n) is 14.0. The number of hydrogen-bond acceptors (Lipinski definition) is 1. The summed E-state index contributed by atoms with van der Waals surface area (Å²) in [7, 11) is 0. The molecule has 1 aromatic heterocycles. The van der Waals surface area contributed by atoms with Crippen LogP contribution in [0.1, 0.15) is 46.4 Å². The molecule has 4 rings (SSSR count). The number of fused-ring (bicyclic) bond motifs is 3. The van der Waals surface area contributed by atoms with Gasteiger partial charge < -0.3 is 9.67 Å². The highest BCUT2D eigenvalue weighted by molar-refractivity contribution is 5.95. The van der Waals surface area contributed by atoms with Crippen LogP contribution in [-0.2, 0) is 19.4 Å². The van der Waals surface area contributed by atoms with E-state index in [0.29, 0.717) is 12.1 Å². The van der Waals surface area contributed by atoms with Crippen molar-refractivity contribution in [2.24, 2.45) is 0 Å². The zero-order valence-corrected chi connectivity index (χ0v) is 14.0. The Morgan fingerprint density at radius 1 is 1.08 bits per heavy atom. The van der Waals surface area contributed by atoms with Crippen molar-refractivity contribution in [3.05, 3.63) is 70.7 Å². The topological polar surface area (TPSA) is 42.2 Å². The first-order valence-corrected chi connectivity index (χ1v) is 8.76. The van der Waals surface area contributed by atoms with Crippen LogP contribution in [0.25, 0.3) is 10.9 Å². The van der Waals surface area contributed by atoms with Crippen LogP contribution in [0.5, 0.6) is 0 Å². The maximum atomic E-state index is 14.2. The van der Waals surface area contributed by atoms with Crippen molar-refractivity contribution in [2.45, 2.75) is 38.6 Å². The zero-order chi connectivity index (χ0) is 17.4. The molecule has 0 saturated carbocycles. The molecular weight excluding hydrogens is 317 g/mol. The molecule has 0 radical (unpaired) electrons. The van der Waals surface area contributed by atoms with Crippen molar-refractivity contribution in [1.82, 2.24) is 4.57 Å². The maximum absolute atomic E-state index is 14.2. The van der Waals surface area contributed by atoms with Gasteiger partial charge in [-0.3, -0.25) is 0 Å². The molecule has 0 bridgehead atoms. The second-order valence-electron chi connectivity index (χ2n) is 6.70. The molecular formula is C21H20FNO2. The molecule has 0 spiro atoms. The summed E-state index contributed by atoms with van der Waals surface area (Å²) in [5.74, 6) is -1.16. The Labute approximate surface area is 145 Å². The summed E-state index contributed by atoms with van der Waals surface area (Å²) < 4.78 is 16.3. The molecule has 1 aliphatic carbocycles. The molecule has 25 heavy (non-hydrogen) atoms. The van der Waals surface area contributed by atoms with Crippen molar-refractivity contribution in [3.63, 3.8) is 0 Å². The monoisotopic (exact) mass is 337 g/mol. The lowest BCUT2D eigenvalue weighted by atomic mass is 10.1. The average Bonchev–Trinajstić information content (AvgIpc) is 2.76. The molecule has 0 aliphatic heterocycles. The van der Waals surface area contributed by atoms with E-state index in [0.717, 1.165) is 36.6 Å². The second-order valence-corrected chi connectivity index (χ2v) is 6.70. The number of rotatable bonds is 3. The van der Waals surface area contributed by atoms with Crippen LogP contribution in [-0.4, -0.2) is 15.6 Å². The predicted octanol–water partition coefficient (Wildman–Crippen LogP) is 4.80. The summed E-state index contributed by atoms with van der Waals surface area (Å²) in [6.07, 6.45) is 5.42. The molecule has 0 amide bonds. The number of aromatic carboxylic acids is 1. The third-order valence-corrected chi connectivity index (χ3v) is 5.16. The van der Waals surface area contributed by atoms with E-state index in [1.165, 1.54) is 23.7 Å². The lowest BCUT2D eigenvalue weighted by Crippen LogP contribution is -2.07. The Hall–Kier alpha value is -2.62. The summed E-state index contributed by atoms with van der Waals surface area (Å²) in [4.78, 5) is 11.4. The minimum atomic E-state index is -0.935. The Bertz CT molecular complexity index is 958. The van der Waals surface area contributed by atoms with Gasteiger partial charge in [0.15, 0.2) is 0 Å². The van der Waals surface area contributed by atoms with E-state index in [4.69, 9.17) is 0 Å². The number of hydrogen-bond donors (Lipinski definition) is 1. The normalized spacial score (nSPS) is 14.3. The Morgan fingerprint density at radius 3 is 2.68 bits per heavy atom. The first-order chi connectivity index (χ1) is 12.1. The number of carboxylic acid groups (broad SMARTS) is 1. The summed E-state index contributed by atoms with van der Waals surface area (Å²) >= 11 is 0. The van der Waals surface area contributed by atoms with Gasteiger partial charge in [-0.1, -0.05) is 30.7 Å². The van der Waals surface area contributed by atoms with Crippen molar-refractivity contribution >= 4 is 16.9 Å². The quantitative estimate of drug-likeness (QED) is 0.698. The van der Waals surface area contributed by atoms with E-state index in [2.05, 4.69) is 4.57 Å². The second kappa shape index (κ2) is 6.36. The largest absolute Gasteiger partial charge is 0.478 e. The van der Waals surface area contributed by atoms with E-state index in [1.54, 1.807) is 24.3 Å². The number of aryl methyl sites for hydroxylation is 1. The molecule has 3 nitrogen and oxygen atoms in total. The number of carbonyl (C=O) groups is 1. The number of benzene rings is 2. The summed E-state index contributed by atoms with van der Waals surface area (Å²) in [5, 5.41) is 10.5. The van der Waals surface area contributed by atoms with Crippen LogP contribution in [0.3, 0.4) is 0 Å². The Morgan fingerprint density at radius 2 is 1.88 bits per heavy atom. The van der Waals surface area contributed by atoms with Crippen molar-refractivity contribution in [2.75, 3.05) is 0 Å². The fraction of sp³-hybridized carbons (Fsp3) is 0.286. The van der Waals surface area contributed by atoms with Gasteiger partial charge in [-0.2, -0.15) is 0 Å². The Kier molecular flexibility index (Phi) is 4.04. The fourth-order valence-electron chi connectivity index (χ4n) is 3.92. The standard InChI is InChI=1S/C21H20FNO2/c22-18-8-5-4-6-15(18)13-23-19-9-3-1-2-7-16(19)17-11-10-14(21(24)25)12-20(17)23/h4-6,8,10-12H,1-3,7,9,13H2,(H,24,25). The lowest BCUT2D eigenvalue weighted by Gasteiger charge is -2.12. The molecule has 128 valence electrons. The number of nitrogens with zero attached hydrogens (tertiary/aromatic N) is 1. The van der Waals surface area contributed by atoms with Gasteiger partial charge in [0.05, 0.1) is 12.1 Å². The van der Waals surface area contributed by atoms with E-state index < -0.39 is 5.97 Å². The summed E-state index contributed by atoms with van der Waals surface area (Å²) in [6, 6.07) is 12.1. The molecule has 1 N–H and O–H groups in total.